The number of nitrogens with zero attached hydrogens (tertiary/aromatic N) is 3. The number of nitrogens with two attached hydrogens (primary N) is 1. The first-order chi connectivity index (χ1) is 4.99. The minimum Gasteiger partial charge on any atom is -0.367 e. The fourth-order valence-corrected chi connectivity index (χ4v) is 0.747. The van der Waals surface area contributed by atoms with Gasteiger partial charge in [-0.25, -0.2) is 4.57 Å². The number of phosphoric acid groups is 1. The lowest BCUT2D eigenvalue weighted by Crippen LogP contribution is -2.09. The molecule has 0 aliphatic carbocycles. The minimum atomic E-state index is -4.58. The van der Waals surface area contributed by atoms with Crippen LogP contribution in [0.25, 0.3) is 0 Å². The van der Waals surface area contributed by atoms with E-state index in [1.165, 1.54) is 0 Å². The zero-order valence-electron chi connectivity index (χ0n) is 5.15. The lowest BCUT2D eigenvalue weighted by Gasteiger charge is -2.02. The van der Waals surface area contributed by atoms with Gasteiger partial charge in [0, 0.05) is 0 Å². The summed E-state index contributed by atoms with van der Waals surface area (Å²) in [6.45, 7) is 0. The van der Waals surface area contributed by atoms with E-state index in [4.69, 9.17) is 15.6 Å². The highest BCUT2D eigenvalue weighted by Crippen LogP contribution is 2.35. The van der Waals surface area contributed by atoms with E-state index in [-0.39, 0.29) is 0 Å². The molecule has 1 aromatic heterocycles. The summed E-state index contributed by atoms with van der Waals surface area (Å²) in [4.78, 5) is 16.5. The Morgan fingerprint density at radius 3 is 2.73 bits per heavy atom. The van der Waals surface area contributed by atoms with Crippen molar-refractivity contribution >= 4 is 7.82 Å². The Morgan fingerprint density at radius 1 is 1.73 bits per heavy atom. The van der Waals surface area contributed by atoms with E-state index in [2.05, 4.69) is 14.7 Å². The Kier molecular flexibility index (Phi) is 1.81. The molecular weight excluding hydrogens is 175 g/mol. The maximum Gasteiger partial charge on any atom is 0.527 e. The Morgan fingerprint density at radius 2 is 2.36 bits per heavy atom. The van der Waals surface area contributed by atoms with Crippen molar-refractivity contribution in [2.75, 3.05) is 5.84 Å². The summed E-state index contributed by atoms with van der Waals surface area (Å²) in [7, 11) is -4.58. The standard InChI is InChI=1S/C2H5N4O4P/c3-6-1-4-5-2(6)10-11(7,8)9/h1H,3H2,(H2,7,8,9). The van der Waals surface area contributed by atoms with Crippen LogP contribution in [0.15, 0.2) is 6.33 Å². The maximum atomic E-state index is 10.2. The first kappa shape index (κ1) is 7.99. The predicted molar refractivity (Wildman–Crippen MR) is 32.8 cm³/mol. The van der Waals surface area contributed by atoms with Crippen molar-refractivity contribution in [3.63, 3.8) is 0 Å². The predicted octanol–water partition coefficient (Wildman–Crippen LogP) is -1.54. The molecule has 0 atom stereocenters. The highest BCUT2D eigenvalue weighted by atomic mass is 31.2. The van der Waals surface area contributed by atoms with Crippen LogP contribution in [0.5, 0.6) is 6.01 Å². The van der Waals surface area contributed by atoms with Crippen LogP contribution < -0.4 is 10.4 Å². The fraction of sp³-hybridized carbons (Fsp3) is 0. The van der Waals surface area contributed by atoms with Crippen molar-refractivity contribution in [3.05, 3.63) is 6.33 Å². The van der Waals surface area contributed by atoms with E-state index in [9.17, 15) is 4.57 Å². The smallest absolute Gasteiger partial charge is 0.367 e. The second-order valence-corrected chi connectivity index (χ2v) is 2.77. The van der Waals surface area contributed by atoms with Gasteiger partial charge in [-0.15, -0.1) is 5.10 Å². The van der Waals surface area contributed by atoms with Crippen LogP contribution >= 0.6 is 7.82 Å². The number of nitrogen functional groups attached to an aromatic ring is 1. The summed E-state index contributed by atoms with van der Waals surface area (Å²) in [6, 6.07) is -0.432. The largest absolute Gasteiger partial charge is 0.527 e. The highest BCUT2D eigenvalue weighted by Gasteiger charge is 2.19. The molecule has 8 nitrogen and oxygen atoms in total. The summed E-state index contributed by atoms with van der Waals surface area (Å²) in [5.74, 6) is 5.07. The Bertz CT molecular complexity index is 290. The molecule has 0 unspecified atom stereocenters. The first-order valence-electron chi connectivity index (χ1n) is 2.39. The van der Waals surface area contributed by atoms with Crippen LogP contribution in [-0.2, 0) is 4.57 Å². The zero-order valence-corrected chi connectivity index (χ0v) is 6.05. The van der Waals surface area contributed by atoms with Crippen molar-refractivity contribution < 1.29 is 18.9 Å². The van der Waals surface area contributed by atoms with Gasteiger partial charge >= 0.3 is 13.8 Å². The number of aromatic nitrogens is 3. The second kappa shape index (κ2) is 2.50. The number of hydrogen-bond donors (Lipinski definition) is 3. The molecule has 1 heterocycles. The molecular formula is C2H5N4O4P. The van der Waals surface area contributed by atoms with Gasteiger partial charge in [0.15, 0.2) is 0 Å². The summed E-state index contributed by atoms with van der Waals surface area (Å²) >= 11 is 0. The maximum absolute atomic E-state index is 10.2. The van der Waals surface area contributed by atoms with Gasteiger partial charge in [-0.2, -0.15) is 4.68 Å². The molecule has 0 bridgehead atoms. The number of hydrogen-bond acceptors (Lipinski definition) is 5. The third-order valence-electron chi connectivity index (χ3n) is 0.741. The average Bonchev–Trinajstić information content (AvgIpc) is 2.12. The minimum absolute atomic E-state index is 0.432. The van der Waals surface area contributed by atoms with Crippen molar-refractivity contribution in [3.8, 4) is 6.01 Å². The third-order valence-corrected chi connectivity index (χ3v) is 1.14. The van der Waals surface area contributed by atoms with Crippen molar-refractivity contribution in [2.24, 2.45) is 0 Å². The Balaban J connectivity index is 2.80. The molecule has 0 radical (unpaired) electrons. The van der Waals surface area contributed by atoms with E-state index >= 15 is 0 Å². The van der Waals surface area contributed by atoms with Gasteiger partial charge in [0.05, 0.1) is 0 Å². The van der Waals surface area contributed by atoms with Crippen LogP contribution in [0.1, 0.15) is 0 Å². The zero-order chi connectivity index (χ0) is 8.48. The van der Waals surface area contributed by atoms with Crippen molar-refractivity contribution in [1.82, 2.24) is 14.9 Å². The number of phosphoric ester groups is 1. The summed E-state index contributed by atoms with van der Waals surface area (Å²) < 4.78 is 14.9. The third kappa shape index (κ3) is 2.19. The second-order valence-electron chi connectivity index (χ2n) is 1.60. The van der Waals surface area contributed by atoms with Crippen LogP contribution in [0.4, 0.5) is 0 Å². The lowest BCUT2D eigenvalue weighted by molar-refractivity contribution is 0.272. The van der Waals surface area contributed by atoms with Gasteiger partial charge in [0.25, 0.3) is 0 Å². The van der Waals surface area contributed by atoms with E-state index in [0.29, 0.717) is 0 Å². The molecule has 4 N–H and O–H groups in total. The summed E-state index contributed by atoms with van der Waals surface area (Å²) in [5, 5.41) is 6.40. The van der Waals surface area contributed by atoms with Gasteiger partial charge in [-0.05, 0) is 0 Å². The molecule has 1 aromatic rings. The Labute approximate surface area is 60.8 Å². The van der Waals surface area contributed by atoms with E-state index in [1.54, 1.807) is 0 Å². The Hall–Kier alpha value is -1.11. The first-order valence-corrected chi connectivity index (χ1v) is 3.92. The van der Waals surface area contributed by atoms with Crippen LogP contribution in [-0.4, -0.2) is 24.7 Å². The van der Waals surface area contributed by atoms with Crippen LogP contribution in [0.2, 0.25) is 0 Å². The molecule has 11 heavy (non-hydrogen) atoms. The summed E-state index contributed by atoms with van der Waals surface area (Å²) in [5.41, 5.74) is 0. The topological polar surface area (TPSA) is 123 Å². The SMILES string of the molecule is Nn1cnnc1OP(=O)(O)O. The monoisotopic (exact) mass is 180 g/mol. The van der Waals surface area contributed by atoms with E-state index in [1.807, 2.05) is 0 Å². The van der Waals surface area contributed by atoms with Gasteiger partial charge in [-0.1, -0.05) is 5.10 Å². The van der Waals surface area contributed by atoms with Crippen LogP contribution in [0, 0.1) is 0 Å². The molecule has 0 saturated heterocycles. The van der Waals surface area contributed by atoms with Gasteiger partial charge in [-0.3, -0.25) is 9.79 Å². The van der Waals surface area contributed by atoms with Crippen LogP contribution in [0.3, 0.4) is 0 Å². The van der Waals surface area contributed by atoms with Gasteiger partial charge in [0.1, 0.15) is 6.33 Å². The van der Waals surface area contributed by atoms with Gasteiger partial charge < -0.3 is 10.4 Å². The number of rotatable bonds is 2. The van der Waals surface area contributed by atoms with Crippen molar-refractivity contribution in [1.29, 1.82) is 0 Å². The normalized spacial score (nSPS) is 11.5. The highest BCUT2D eigenvalue weighted by molar-refractivity contribution is 7.46. The molecule has 0 aliphatic heterocycles. The molecule has 1 rings (SSSR count). The summed E-state index contributed by atoms with van der Waals surface area (Å²) in [6.07, 6.45) is 1.05. The fourth-order valence-electron chi connectivity index (χ4n) is 0.404. The van der Waals surface area contributed by atoms with E-state index < -0.39 is 13.8 Å². The van der Waals surface area contributed by atoms with Crippen molar-refractivity contribution in [2.45, 2.75) is 0 Å². The molecule has 0 aliphatic rings. The molecule has 0 aromatic carbocycles. The molecule has 62 valence electrons. The molecule has 0 amide bonds. The van der Waals surface area contributed by atoms with E-state index in [0.717, 1.165) is 11.0 Å². The molecule has 0 spiro atoms. The molecule has 0 saturated carbocycles. The quantitative estimate of drug-likeness (QED) is 0.372. The lowest BCUT2D eigenvalue weighted by atomic mass is 11.2. The molecule has 0 fully saturated rings. The van der Waals surface area contributed by atoms with Gasteiger partial charge in [0.2, 0.25) is 0 Å². The molecule has 9 heteroatoms. The average molecular weight is 180 g/mol.